The van der Waals surface area contributed by atoms with Gasteiger partial charge in [-0.1, -0.05) is 24.8 Å². The van der Waals surface area contributed by atoms with Gasteiger partial charge < -0.3 is 14.8 Å². The number of aliphatic imine (C=N–C) groups is 1. The van der Waals surface area contributed by atoms with Crippen molar-refractivity contribution in [1.82, 2.24) is 4.98 Å². The van der Waals surface area contributed by atoms with Gasteiger partial charge in [0.25, 0.3) is 0 Å². The average Bonchev–Trinajstić information content (AvgIpc) is 3.54. The van der Waals surface area contributed by atoms with E-state index >= 15 is 0 Å². The number of halogens is 2. The molecule has 1 aliphatic carbocycles. The maximum absolute atomic E-state index is 12.1. The van der Waals surface area contributed by atoms with E-state index in [9.17, 15) is 13.6 Å². The SMILES string of the molecule is C=C/C(OCC1CC1C=O)=C(/C)N=C(C)C.CNc1ccc(F)cn1.Fc1ccccc1. The summed E-state index contributed by atoms with van der Waals surface area (Å²) in [6.45, 7) is 10.1. The van der Waals surface area contributed by atoms with E-state index < -0.39 is 0 Å². The number of rotatable bonds is 7. The maximum Gasteiger partial charge on any atom is 0.141 e. The lowest BCUT2D eigenvalue weighted by molar-refractivity contribution is -0.109. The fourth-order valence-corrected chi connectivity index (χ4v) is 2.47. The van der Waals surface area contributed by atoms with Gasteiger partial charge in [0.05, 0.1) is 18.5 Å². The van der Waals surface area contributed by atoms with Gasteiger partial charge >= 0.3 is 0 Å². The van der Waals surface area contributed by atoms with Crippen LogP contribution in [0, 0.1) is 23.5 Å². The van der Waals surface area contributed by atoms with Crippen molar-refractivity contribution in [2.24, 2.45) is 16.8 Å². The Bertz CT molecular complexity index is 893. The van der Waals surface area contributed by atoms with Gasteiger partial charge in [0, 0.05) is 24.6 Å². The molecule has 1 fully saturated rings. The summed E-state index contributed by atoms with van der Waals surface area (Å²) in [5, 5.41) is 2.78. The van der Waals surface area contributed by atoms with Crippen LogP contribution < -0.4 is 5.32 Å². The van der Waals surface area contributed by atoms with E-state index in [4.69, 9.17) is 4.74 Å². The molecule has 5 nitrogen and oxygen atoms in total. The molecule has 2 unspecified atom stereocenters. The zero-order valence-electron chi connectivity index (χ0n) is 19.0. The number of pyridine rings is 1. The van der Waals surface area contributed by atoms with Crippen LogP contribution in [-0.2, 0) is 9.53 Å². The van der Waals surface area contributed by atoms with Gasteiger partial charge in [-0.25, -0.2) is 13.8 Å². The first kappa shape index (κ1) is 26.7. The van der Waals surface area contributed by atoms with Crippen LogP contribution in [-0.4, -0.2) is 30.6 Å². The molecule has 7 heteroatoms. The number of allylic oxidation sites excluding steroid dienone is 2. The normalized spacial score (nSPS) is 16.6. The first-order chi connectivity index (χ1) is 15.3. The Labute approximate surface area is 188 Å². The minimum atomic E-state index is -0.311. The predicted molar refractivity (Wildman–Crippen MR) is 125 cm³/mol. The molecule has 0 aliphatic heterocycles. The number of hydrogen-bond donors (Lipinski definition) is 1. The zero-order chi connectivity index (χ0) is 23.9. The van der Waals surface area contributed by atoms with Crippen LogP contribution in [0.2, 0.25) is 0 Å². The lowest BCUT2D eigenvalue weighted by Crippen LogP contribution is -1.99. The molecule has 0 amide bonds. The van der Waals surface area contributed by atoms with E-state index in [0.29, 0.717) is 24.1 Å². The summed E-state index contributed by atoms with van der Waals surface area (Å²) < 4.78 is 29.6. The minimum Gasteiger partial charge on any atom is -0.491 e. The Kier molecular flexibility index (Phi) is 12.2. The van der Waals surface area contributed by atoms with Crippen molar-refractivity contribution in [3.63, 3.8) is 0 Å². The highest BCUT2D eigenvalue weighted by atomic mass is 19.1. The topological polar surface area (TPSA) is 63.6 Å². The second-order valence-electron chi connectivity index (χ2n) is 7.23. The molecular weight excluding hydrogens is 412 g/mol. The summed E-state index contributed by atoms with van der Waals surface area (Å²) in [6, 6.07) is 10.9. The number of hydrogen-bond acceptors (Lipinski definition) is 5. The molecule has 32 heavy (non-hydrogen) atoms. The number of benzene rings is 1. The van der Waals surface area contributed by atoms with E-state index in [0.717, 1.165) is 24.1 Å². The Morgan fingerprint density at radius 2 is 1.88 bits per heavy atom. The van der Waals surface area contributed by atoms with Crippen molar-refractivity contribution in [2.75, 3.05) is 19.0 Å². The second kappa shape index (κ2) is 14.6. The molecule has 0 saturated heterocycles. The molecule has 2 aromatic rings. The Morgan fingerprint density at radius 3 is 2.28 bits per heavy atom. The zero-order valence-corrected chi connectivity index (χ0v) is 19.0. The monoisotopic (exact) mass is 443 g/mol. The number of nitrogens with zero attached hydrogens (tertiary/aromatic N) is 2. The van der Waals surface area contributed by atoms with Gasteiger partial charge in [-0.2, -0.15) is 0 Å². The molecule has 1 heterocycles. The largest absolute Gasteiger partial charge is 0.491 e. The van der Waals surface area contributed by atoms with E-state index in [1.165, 1.54) is 24.4 Å². The summed E-state index contributed by atoms with van der Waals surface area (Å²) in [4.78, 5) is 18.5. The third-order valence-corrected chi connectivity index (χ3v) is 4.25. The van der Waals surface area contributed by atoms with E-state index in [1.807, 2.05) is 20.8 Å². The summed E-state index contributed by atoms with van der Waals surface area (Å²) in [6.07, 6.45) is 4.79. The van der Waals surface area contributed by atoms with Crippen molar-refractivity contribution < 1.29 is 18.3 Å². The fraction of sp³-hybridized carbons (Fsp3) is 0.320. The molecule has 1 aliphatic rings. The molecule has 3 rings (SSSR count). The smallest absolute Gasteiger partial charge is 0.141 e. The summed E-state index contributed by atoms with van der Waals surface area (Å²) in [5.74, 6) is 1.47. The lowest BCUT2D eigenvalue weighted by atomic mass is 10.3. The highest BCUT2D eigenvalue weighted by Gasteiger charge is 2.37. The summed E-state index contributed by atoms with van der Waals surface area (Å²) in [7, 11) is 1.74. The van der Waals surface area contributed by atoms with Gasteiger partial charge in [-0.15, -0.1) is 0 Å². The van der Waals surface area contributed by atoms with Crippen molar-refractivity contribution in [2.45, 2.75) is 27.2 Å². The molecular formula is C25H31F2N3O2. The predicted octanol–water partition coefficient (Wildman–Crippen LogP) is 5.82. The fourth-order valence-electron chi connectivity index (χ4n) is 2.47. The molecule has 2 atom stereocenters. The Morgan fingerprint density at radius 1 is 1.19 bits per heavy atom. The lowest BCUT2D eigenvalue weighted by Gasteiger charge is -2.08. The van der Waals surface area contributed by atoms with E-state index in [1.54, 1.807) is 37.4 Å². The number of aldehydes is 1. The minimum absolute atomic E-state index is 0.178. The molecule has 0 bridgehead atoms. The van der Waals surface area contributed by atoms with Gasteiger partial charge in [-0.05, 0) is 57.5 Å². The standard InChI is InChI=1S/C13H19NO2.C6H7FN2.C6H5F/c1-5-13(10(4)14-9(2)3)16-8-12-6-11(12)7-15;1-8-6-3-2-5(7)4-9-6;7-6-4-2-1-3-5-6/h5,7,11-12H,1,6,8H2,2-4H3;2-4H,1H3,(H,8,9);1-5H/b13-10+;;. The van der Waals surface area contributed by atoms with Gasteiger partial charge in [-0.3, -0.25) is 4.99 Å². The maximum atomic E-state index is 12.1. The molecule has 1 aromatic carbocycles. The number of carbonyl (C=O) groups is 1. The number of nitrogens with one attached hydrogen (secondary N) is 1. The highest BCUT2D eigenvalue weighted by molar-refractivity contribution is 5.80. The summed E-state index contributed by atoms with van der Waals surface area (Å²) in [5.41, 5.74) is 1.82. The van der Waals surface area contributed by atoms with Crippen LogP contribution >= 0.6 is 0 Å². The highest BCUT2D eigenvalue weighted by Crippen LogP contribution is 2.37. The molecule has 172 valence electrons. The van der Waals surface area contributed by atoms with Crippen molar-refractivity contribution >= 4 is 17.8 Å². The van der Waals surface area contributed by atoms with Gasteiger partial charge in [0.15, 0.2) is 0 Å². The van der Waals surface area contributed by atoms with Crippen molar-refractivity contribution in [3.05, 3.63) is 84.4 Å². The third kappa shape index (κ3) is 11.2. The first-order valence-electron chi connectivity index (χ1n) is 10.2. The second-order valence-corrected chi connectivity index (χ2v) is 7.23. The number of anilines is 1. The van der Waals surface area contributed by atoms with Crippen LogP contribution in [0.15, 0.2) is 77.8 Å². The summed E-state index contributed by atoms with van der Waals surface area (Å²) >= 11 is 0. The van der Waals surface area contributed by atoms with Crippen molar-refractivity contribution in [3.8, 4) is 0 Å². The van der Waals surface area contributed by atoms with E-state index in [2.05, 4.69) is 21.9 Å². The first-order valence-corrected chi connectivity index (χ1v) is 10.2. The average molecular weight is 444 g/mol. The third-order valence-electron chi connectivity index (χ3n) is 4.25. The van der Waals surface area contributed by atoms with E-state index in [-0.39, 0.29) is 17.6 Å². The molecule has 1 saturated carbocycles. The van der Waals surface area contributed by atoms with Crippen LogP contribution in [0.1, 0.15) is 27.2 Å². The number of aromatic nitrogens is 1. The van der Waals surface area contributed by atoms with Gasteiger partial charge in [0.2, 0.25) is 0 Å². The van der Waals surface area contributed by atoms with Gasteiger partial charge in [0.1, 0.15) is 29.5 Å². The molecule has 0 spiro atoms. The Balaban J connectivity index is 0.000000267. The quantitative estimate of drug-likeness (QED) is 0.253. The van der Waals surface area contributed by atoms with Crippen LogP contribution in [0.5, 0.6) is 0 Å². The van der Waals surface area contributed by atoms with Crippen LogP contribution in [0.4, 0.5) is 14.6 Å². The molecule has 1 aromatic heterocycles. The molecule has 0 radical (unpaired) electrons. The van der Waals surface area contributed by atoms with Crippen LogP contribution in [0.3, 0.4) is 0 Å². The van der Waals surface area contributed by atoms with Crippen LogP contribution in [0.25, 0.3) is 0 Å². The number of ether oxygens (including phenoxy) is 1. The van der Waals surface area contributed by atoms with Crippen molar-refractivity contribution in [1.29, 1.82) is 0 Å². The number of carbonyl (C=O) groups excluding carboxylic acids is 1. The Hall–Kier alpha value is -3.35. The molecule has 1 N–H and O–H groups in total.